The van der Waals surface area contributed by atoms with Gasteiger partial charge < -0.3 is 15.2 Å². The number of carbonyl (C=O) groups is 1. The second-order valence-corrected chi connectivity index (χ2v) is 5.56. The second-order valence-electron chi connectivity index (χ2n) is 5.56. The number of rotatable bonds is 7. The van der Waals surface area contributed by atoms with Crippen LogP contribution >= 0.6 is 0 Å². The van der Waals surface area contributed by atoms with E-state index >= 15 is 0 Å². The number of carbonyl (C=O) groups excluding carboxylic acids is 1. The molecule has 2 rings (SSSR count). The summed E-state index contributed by atoms with van der Waals surface area (Å²) in [6.07, 6.45) is 1.86. The third kappa shape index (κ3) is 4.24. The molecular weight excluding hydrogens is 302 g/mol. The molecule has 0 bridgehead atoms. The van der Waals surface area contributed by atoms with Crippen LogP contribution in [0.25, 0.3) is 11.1 Å². The van der Waals surface area contributed by atoms with Gasteiger partial charge in [0.15, 0.2) is 0 Å². The molecule has 2 N–H and O–H groups in total. The molecule has 0 saturated carbocycles. The first-order chi connectivity index (χ1) is 11.6. The van der Waals surface area contributed by atoms with E-state index in [-0.39, 0.29) is 12.4 Å². The summed E-state index contributed by atoms with van der Waals surface area (Å²) in [5, 5.41) is 0. The predicted molar refractivity (Wildman–Crippen MR) is 95.9 cm³/mol. The van der Waals surface area contributed by atoms with Crippen LogP contribution in [0.5, 0.6) is 5.75 Å². The van der Waals surface area contributed by atoms with Gasteiger partial charge in [-0.25, -0.2) is 0 Å². The highest BCUT2D eigenvalue weighted by atomic mass is 16.5. The summed E-state index contributed by atoms with van der Waals surface area (Å²) in [4.78, 5) is 11.4. The van der Waals surface area contributed by atoms with Gasteiger partial charge in [0.1, 0.15) is 12.4 Å². The quantitative estimate of drug-likeness (QED) is 0.621. The first kappa shape index (κ1) is 17.8. The molecule has 0 spiro atoms. The van der Waals surface area contributed by atoms with E-state index in [1.807, 2.05) is 49.4 Å². The molecule has 0 saturated heterocycles. The third-order valence-corrected chi connectivity index (χ3v) is 3.81. The third-order valence-electron chi connectivity index (χ3n) is 3.81. The molecule has 126 valence electrons. The molecule has 2 aromatic rings. The first-order valence-electron chi connectivity index (χ1n) is 7.82. The van der Waals surface area contributed by atoms with Gasteiger partial charge in [-0.15, -0.1) is 0 Å². The maximum Gasteiger partial charge on any atom is 0.307 e. The topological polar surface area (TPSA) is 61.5 Å². The summed E-state index contributed by atoms with van der Waals surface area (Å²) in [6.45, 7) is 6.17. The van der Waals surface area contributed by atoms with Gasteiger partial charge in [-0.05, 0) is 35.7 Å². The summed E-state index contributed by atoms with van der Waals surface area (Å²) < 4.78 is 10.5. The number of esters is 1. The van der Waals surface area contributed by atoms with Crippen LogP contribution in [0.2, 0.25) is 0 Å². The van der Waals surface area contributed by atoms with Crippen LogP contribution in [0.3, 0.4) is 0 Å². The van der Waals surface area contributed by atoms with E-state index < -0.39 is 6.04 Å². The Kier molecular flexibility index (Phi) is 6.15. The fraction of sp³-hybridized carbons (Fsp3) is 0.250. The summed E-state index contributed by atoms with van der Waals surface area (Å²) in [5.41, 5.74) is 10.1. The molecule has 0 aliphatic heterocycles. The molecule has 0 aliphatic carbocycles. The van der Waals surface area contributed by atoms with Gasteiger partial charge in [0.2, 0.25) is 0 Å². The highest BCUT2D eigenvalue weighted by Crippen LogP contribution is 2.34. The minimum atomic E-state index is -0.404. The Labute approximate surface area is 142 Å². The number of aryl methyl sites for hydroxylation is 1. The normalized spacial score (nSPS) is 11.6. The fourth-order valence-corrected chi connectivity index (χ4v) is 2.59. The largest absolute Gasteiger partial charge is 0.489 e. The van der Waals surface area contributed by atoms with E-state index in [1.165, 1.54) is 7.11 Å². The number of nitrogens with two attached hydrogens (primary N) is 1. The van der Waals surface area contributed by atoms with Gasteiger partial charge in [0.25, 0.3) is 0 Å². The van der Waals surface area contributed by atoms with E-state index in [0.29, 0.717) is 6.61 Å². The van der Waals surface area contributed by atoms with Crippen LogP contribution in [0, 0.1) is 6.92 Å². The Morgan fingerprint density at radius 2 is 2.04 bits per heavy atom. The predicted octanol–water partition coefficient (Wildman–Crippen LogP) is 3.79. The molecule has 4 nitrogen and oxygen atoms in total. The Morgan fingerprint density at radius 1 is 1.29 bits per heavy atom. The van der Waals surface area contributed by atoms with Gasteiger partial charge in [0.05, 0.1) is 13.5 Å². The standard InChI is InChI=1S/C20H23NO3/c1-4-11-24-18-10-5-7-14(2)20(18)16-9-6-8-15(12-16)17(21)13-19(22)23-3/h4-10,12,17H,1,11,13,21H2,2-3H3/t17-/m0/s1. The molecule has 0 aliphatic rings. The lowest BCUT2D eigenvalue weighted by Gasteiger charge is -2.16. The van der Waals surface area contributed by atoms with Crippen LogP contribution in [-0.4, -0.2) is 19.7 Å². The highest BCUT2D eigenvalue weighted by Gasteiger charge is 2.15. The lowest BCUT2D eigenvalue weighted by molar-refractivity contribution is -0.141. The molecule has 0 heterocycles. The lowest BCUT2D eigenvalue weighted by atomic mass is 9.95. The number of benzene rings is 2. The zero-order valence-electron chi connectivity index (χ0n) is 14.1. The number of hydrogen-bond acceptors (Lipinski definition) is 4. The van der Waals surface area contributed by atoms with Crippen molar-refractivity contribution in [2.24, 2.45) is 5.73 Å². The Bertz CT molecular complexity index is 725. The number of ether oxygens (including phenoxy) is 2. The maximum atomic E-state index is 11.4. The summed E-state index contributed by atoms with van der Waals surface area (Å²) in [5.74, 6) is 0.479. The van der Waals surface area contributed by atoms with Crippen LogP contribution in [0.15, 0.2) is 55.1 Å². The molecule has 0 amide bonds. The summed E-state index contributed by atoms with van der Waals surface area (Å²) >= 11 is 0. The molecule has 24 heavy (non-hydrogen) atoms. The van der Waals surface area contributed by atoms with Gasteiger partial charge in [-0.1, -0.05) is 43.0 Å². The minimum Gasteiger partial charge on any atom is -0.489 e. The number of hydrogen-bond donors (Lipinski definition) is 1. The van der Waals surface area contributed by atoms with Gasteiger partial charge >= 0.3 is 5.97 Å². The van der Waals surface area contributed by atoms with E-state index in [0.717, 1.165) is 28.0 Å². The van der Waals surface area contributed by atoms with Crippen molar-refractivity contribution in [1.29, 1.82) is 0 Å². The van der Waals surface area contributed by atoms with Crippen LogP contribution in [0.1, 0.15) is 23.6 Å². The number of methoxy groups -OCH3 is 1. The van der Waals surface area contributed by atoms with E-state index in [1.54, 1.807) is 6.08 Å². The van der Waals surface area contributed by atoms with Crippen LogP contribution in [-0.2, 0) is 9.53 Å². The van der Waals surface area contributed by atoms with Crippen LogP contribution < -0.4 is 10.5 Å². The van der Waals surface area contributed by atoms with Crippen molar-refractivity contribution >= 4 is 5.97 Å². The SMILES string of the molecule is C=CCOc1cccc(C)c1-c1cccc([C@@H](N)CC(=O)OC)c1. The van der Waals surface area contributed by atoms with Crippen molar-refractivity contribution in [2.45, 2.75) is 19.4 Å². The van der Waals surface area contributed by atoms with Gasteiger partial charge in [-0.2, -0.15) is 0 Å². The van der Waals surface area contributed by atoms with E-state index in [2.05, 4.69) is 6.58 Å². The monoisotopic (exact) mass is 325 g/mol. The molecule has 0 aromatic heterocycles. The molecule has 0 fully saturated rings. The van der Waals surface area contributed by atoms with Crippen molar-refractivity contribution in [3.63, 3.8) is 0 Å². The average molecular weight is 325 g/mol. The average Bonchev–Trinajstić information content (AvgIpc) is 2.59. The Balaban J connectivity index is 2.38. The summed E-state index contributed by atoms with van der Waals surface area (Å²) in [6, 6.07) is 13.4. The van der Waals surface area contributed by atoms with Crippen molar-refractivity contribution in [3.8, 4) is 16.9 Å². The van der Waals surface area contributed by atoms with Crippen molar-refractivity contribution < 1.29 is 14.3 Å². The Hall–Kier alpha value is -2.59. The van der Waals surface area contributed by atoms with Crippen molar-refractivity contribution in [1.82, 2.24) is 0 Å². The molecule has 0 radical (unpaired) electrons. The smallest absolute Gasteiger partial charge is 0.307 e. The highest BCUT2D eigenvalue weighted by molar-refractivity contribution is 5.75. The van der Waals surface area contributed by atoms with Crippen molar-refractivity contribution in [2.75, 3.05) is 13.7 Å². The second kappa shape index (κ2) is 8.31. The summed E-state index contributed by atoms with van der Waals surface area (Å²) in [7, 11) is 1.36. The van der Waals surface area contributed by atoms with Gasteiger partial charge in [0, 0.05) is 11.6 Å². The molecule has 4 heteroatoms. The van der Waals surface area contributed by atoms with Gasteiger partial charge in [-0.3, -0.25) is 4.79 Å². The molecule has 2 aromatic carbocycles. The Morgan fingerprint density at radius 3 is 2.75 bits per heavy atom. The maximum absolute atomic E-state index is 11.4. The fourth-order valence-electron chi connectivity index (χ4n) is 2.59. The zero-order chi connectivity index (χ0) is 17.5. The van der Waals surface area contributed by atoms with E-state index in [9.17, 15) is 4.79 Å². The zero-order valence-corrected chi connectivity index (χ0v) is 14.1. The molecular formula is C20H23NO3. The minimum absolute atomic E-state index is 0.146. The van der Waals surface area contributed by atoms with Crippen molar-refractivity contribution in [3.05, 3.63) is 66.2 Å². The van der Waals surface area contributed by atoms with Crippen LogP contribution in [0.4, 0.5) is 0 Å². The molecule has 1 atom stereocenters. The van der Waals surface area contributed by atoms with E-state index in [4.69, 9.17) is 15.2 Å². The molecule has 0 unspecified atom stereocenters. The lowest BCUT2D eigenvalue weighted by Crippen LogP contribution is -2.16. The first-order valence-corrected chi connectivity index (χ1v) is 7.82.